The number of halogens is 6. The van der Waals surface area contributed by atoms with Gasteiger partial charge in [-0.3, -0.25) is 4.90 Å². The van der Waals surface area contributed by atoms with Gasteiger partial charge in [0, 0.05) is 19.6 Å². The van der Waals surface area contributed by atoms with E-state index in [-0.39, 0.29) is 5.60 Å². The molecule has 14 heteroatoms. The molecule has 1 spiro atoms. The van der Waals surface area contributed by atoms with Gasteiger partial charge in [0.2, 0.25) is 0 Å². The second-order valence-electron chi connectivity index (χ2n) is 8.66. The molecule has 3 heterocycles. The van der Waals surface area contributed by atoms with Crippen molar-refractivity contribution in [3.05, 3.63) is 23.7 Å². The lowest BCUT2D eigenvalue weighted by molar-refractivity contribution is -0.193. The summed E-state index contributed by atoms with van der Waals surface area (Å²) in [6.45, 7) is 6.13. The molecule has 8 nitrogen and oxygen atoms in total. The molecule has 0 radical (unpaired) electrons. The van der Waals surface area contributed by atoms with E-state index >= 15 is 0 Å². The molecule has 2 N–H and O–H groups in total. The average Bonchev–Trinajstić information content (AvgIpc) is 3.27. The summed E-state index contributed by atoms with van der Waals surface area (Å²) >= 11 is 0. The normalized spacial score (nSPS) is 22.9. The molecular weight excluding hydrogens is 490 g/mol. The fourth-order valence-electron chi connectivity index (χ4n) is 3.81. The highest BCUT2D eigenvalue weighted by Gasteiger charge is 2.43. The summed E-state index contributed by atoms with van der Waals surface area (Å²) in [7, 11) is 4.26. The molecule has 3 rings (SSSR count). The first-order chi connectivity index (χ1) is 15.9. The minimum atomic E-state index is -5.08. The predicted molar refractivity (Wildman–Crippen MR) is 111 cm³/mol. The quantitative estimate of drug-likeness (QED) is 0.576. The van der Waals surface area contributed by atoms with Gasteiger partial charge in [0.05, 0.1) is 18.2 Å². The molecule has 0 bridgehead atoms. The number of aryl methyl sites for hydroxylation is 1. The van der Waals surface area contributed by atoms with Crippen LogP contribution >= 0.6 is 0 Å². The van der Waals surface area contributed by atoms with Crippen molar-refractivity contribution < 1.29 is 55.3 Å². The van der Waals surface area contributed by atoms with Gasteiger partial charge in [-0.25, -0.2) is 9.59 Å². The van der Waals surface area contributed by atoms with Crippen molar-refractivity contribution in [3.8, 4) is 0 Å². The number of carbonyl (C=O) groups is 2. The highest BCUT2D eigenvalue weighted by molar-refractivity contribution is 5.73. The number of aliphatic carboxylic acids is 2. The lowest BCUT2D eigenvalue weighted by atomic mass is 9.90. The fraction of sp³-hybridized carbons (Fsp3) is 0.714. The third-order valence-electron chi connectivity index (χ3n) is 5.20. The van der Waals surface area contributed by atoms with Gasteiger partial charge in [-0.1, -0.05) is 0 Å². The molecule has 1 aromatic heterocycles. The van der Waals surface area contributed by atoms with Crippen LogP contribution in [0.2, 0.25) is 0 Å². The minimum absolute atomic E-state index is 0.0978. The third-order valence-corrected chi connectivity index (χ3v) is 5.20. The Morgan fingerprint density at radius 2 is 1.63 bits per heavy atom. The van der Waals surface area contributed by atoms with Gasteiger partial charge in [0.15, 0.2) is 0 Å². The van der Waals surface area contributed by atoms with E-state index in [2.05, 4.69) is 30.0 Å². The van der Waals surface area contributed by atoms with Crippen molar-refractivity contribution in [2.24, 2.45) is 0 Å². The van der Waals surface area contributed by atoms with Crippen LogP contribution in [-0.4, -0.2) is 89.7 Å². The minimum Gasteiger partial charge on any atom is -0.475 e. The maximum absolute atomic E-state index is 10.6. The van der Waals surface area contributed by atoms with Gasteiger partial charge in [-0.05, 0) is 58.8 Å². The molecule has 2 aliphatic rings. The number of ether oxygens (including phenoxy) is 1. The van der Waals surface area contributed by atoms with E-state index in [1.807, 2.05) is 13.0 Å². The number of hydrogen-bond acceptors (Lipinski definition) is 6. The van der Waals surface area contributed by atoms with Crippen molar-refractivity contribution >= 4 is 11.9 Å². The number of furan rings is 1. The summed E-state index contributed by atoms with van der Waals surface area (Å²) in [5, 5.41) is 14.2. The van der Waals surface area contributed by atoms with Gasteiger partial charge in [0.1, 0.15) is 11.5 Å². The molecule has 0 aliphatic carbocycles. The van der Waals surface area contributed by atoms with Crippen LogP contribution in [0.1, 0.15) is 37.2 Å². The van der Waals surface area contributed by atoms with Crippen molar-refractivity contribution in [2.45, 2.75) is 63.2 Å². The lowest BCUT2D eigenvalue weighted by Gasteiger charge is -2.39. The highest BCUT2D eigenvalue weighted by atomic mass is 19.4. The van der Waals surface area contributed by atoms with Crippen LogP contribution in [0.5, 0.6) is 0 Å². The zero-order chi connectivity index (χ0) is 27.0. The SMILES string of the molecule is Cc1ccc(CN2CC[C@]3(CCC[C@@H](CN(C)C)O3)C2)o1.O=C(O)C(F)(F)F.O=C(O)C(F)(F)F. The van der Waals surface area contributed by atoms with Gasteiger partial charge in [-0.2, -0.15) is 26.3 Å². The summed E-state index contributed by atoms with van der Waals surface area (Å²) in [6.07, 6.45) is -4.88. The van der Waals surface area contributed by atoms with E-state index in [1.54, 1.807) is 0 Å². The van der Waals surface area contributed by atoms with Crippen molar-refractivity contribution in [3.63, 3.8) is 0 Å². The van der Waals surface area contributed by atoms with E-state index < -0.39 is 24.3 Å². The maximum Gasteiger partial charge on any atom is 0.490 e. The molecular formula is C21H30F6N2O6. The second kappa shape index (κ2) is 12.6. The Morgan fingerprint density at radius 3 is 2.06 bits per heavy atom. The van der Waals surface area contributed by atoms with Crippen molar-refractivity contribution in [1.82, 2.24) is 9.80 Å². The first-order valence-electron chi connectivity index (χ1n) is 10.6. The molecule has 35 heavy (non-hydrogen) atoms. The summed E-state index contributed by atoms with van der Waals surface area (Å²) < 4.78 is 75.7. The molecule has 0 unspecified atom stereocenters. The average molecular weight is 520 g/mol. The molecule has 2 atom stereocenters. The standard InChI is InChI=1S/C17H28N2O2.2C2HF3O2/c1-14-6-7-15(20-14)12-19-10-9-17(13-19)8-4-5-16(21-17)11-18(2)3;2*3-2(4,5)1(6)7/h6-7,16H,4-5,8-13H2,1-3H3;2*(H,6,7)/t16-,17+;;/m0../s1. The zero-order valence-corrected chi connectivity index (χ0v) is 19.6. The summed E-state index contributed by atoms with van der Waals surface area (Å²) in [5.74, 6) is -3.44. The monoisotopic (exact) mass is 520 g/mol. The third kappa shape index (κ3) is 11.3. The number of carboxylic acid groups (broad SMARTS) is 2. The molecule has 0 amide bonds. The maximum atomic E-state index is 10.6. The Bertz CT molecular complexity index is 802. The first kappa shape index (κ1) is 30.7. The van der Waals surface area contributed by atoms with E-state index in [4.69, 9.17) is 29.0 Å². The Kier molecular flexibility index (Phi) is 11.0. The van der Waals surface area contributed by atoms with E-state index in [9.17, 15) is 26.3 Å². The van der Waals surface area contributed by atoms with E-state index in [0.29, 0.717) is 6.10 Å². The van der Waals surface area contributed by atoms with Crippen molar-refractivity contribution in [1.29, 1.82) is 0 Å². The molecule has 0 aromatic carbocycles. The summed E-state index contributed by atoms with van der Waals surface area (Å²) in [5.41, 5.74) is 0.0978. The number of likely N-dealkylation sites (tertiary alicyclic amines) is 1. The predicted octanol–water partition coefficient (Wildman–Crippen LogP) is 3.93. The van der Waals surface area contributed by atoms with E-state index in [0.717, 1.165) is 44.1 Å². The number of rotatable bonds is 4. The smallest absolute Gasteiger partial charge is 0.475 e. The highest BCUT2D eigenvalue weighted by Crippen LogP contribution is 2.37. The Morgan fingerprint density at radius 1 is 1.09 bits per heavy atom. The first-order valence-corrected chi connectivity index (χ1v) is 10.6. The number of alkyl halides is 6. The number of nitrogens with zero attached hydrogens (tertiary/aromatic N) is 2. The summed E-state index contributed by atoms with van der Waals surface area (Å²) in [4.78, 5) is 22.5. The van der Waals surface area contributed by atoms with Crippen LogP contribution in [0.25, 0.3) is 0 Å². The van der Waals surface area contributed by atoms with Gasteiger partial charge >= 0.3 is 24.3 Å². The fourth-order valence-corrected chi connectivity index (χ4v) is 3.81. The van der Waals surface area contributed by atoms with Crippen LogP contribution in [0, 0.1) is 6.92 Å². The molecule has 2 aliphatic heterocycles. The van der Waals surface area contributed by atoms with Crippen LogP contribution in [0.4, 0.5) is 26.3 Å². The van der Waals surface area contributed by atoms with Gasteiger partial charge in [0.25, 0.3) is 0 Å². The molecule has 1 aromatic rings. The van der Waals surface area contributed by atoms with Crippen LogP contribution in [0.15, 0.2) is 16.5 Å². The summed E-state index contributed by atoms with van der Waals surface area (Å²) in [6, 6.07) is 4.14. The second-order valence-corrected chi connectivity index (χ2v) is 8.66. The Labute approximate surface area is 198 Å². The van der Waals surface area contributed by atoms with Crippen molar-refractivity contribution in [2.75, 3.05) is 33.7 Å². The van der Waals surface area contributed by atoms with E-state index in [1.165, 1.54) is 19.3 Å². The van der Waals surface area contributed by atoms with Crippen LogP contribution < -0.4 is 0 Å². The zero-order valence-electron chi connectivity index (χ0n) is 19.6. The topological polar surface area (TPSA) is 103 Å². The Balaban J connectivity index is 0.000000362. The Hall–Kier alpha value is -2.32. The molecule has 2 saturated heterocycles. The molecule has 0 saturated carbocycles. The lowest BCUT2D eigenvalue weighted by Crippen LogP contribution is -2.45. The number of carboxylic acids is 2. The number of likely N-dealkylation sites (N-methyl/N-ethyl adjacent to an activating group) is 1. The number of hydrogen-bond donors (Lipinski definition) is 2. The van der Waals surface area contributed by atoms with Crippen LogP contribution in [0.3, 0.4) is 0 Å². The molecule has 202 valence electrons. The van der Waals surface area contributed by atoms with Crippen LogP contribution in [-0.2, 0) is 20.9 Å². The molecule has 2 fully saturated rings. The van der Waals surface area contributed by atoms with Gasteiger partial charge < -0.3 is 24.3 Å². The van der Waals surface area contributed by atoms with Gasteiger partial charge in [-0.15, -0.1) is 0 Å². The largest absolute Gasteiger partial charge is 0.490 e.